The van der Waals surface area contributed by atoms with E-state index in [-0.39, 0.29) is 10.2 Å². The highest BCUT2D eigenvalue weighted by Gasteiger charge is 2.10. The van der Waals surface area contributed by atoms with Crippen LogP contribution in [0.4, 0.5) is 5.69 Å². The minimum absolute atomic E-state index is 0.118. The van der Waals surface area contributed by atoms with E-state index in [1.807, 2.05) is 54.6 Å². The molecule has 5 nitrogen and oxygen atoms in total. The molecule has 25 heavy (non-hydrogen) atoms. The smallest absolute Gasteiger partial charge is 0.172 e. The molecule has 0 fully saturated rings. The minimum Gasteiger partial charge on any atom is -0.497 e. The largest absolute Gasteiger partial charge is 0.497 e. The van der Waals surface area contributed by atoms with Crippen LogP contribution in [0.2, 0.25) is 10.2 Å². The molecule has 0 unspecified atom stereocenters. The molecular formula is C18H14Cl2N4O. The average Bonchev–Trinajstić information content (AvgIpc) is 2.66. The monoisotopic (exact) mass is 372 g/mol. The quantitative estimate of drug-likeness (QED) is 0.522. The summed E-state index contributed by atoms with van der Waals surface area (Å²) in [4.78, 5) is 0. The third-order valence-electron chi connectivity index (χ3n) is 3.45. The number of ether oxygens (including phenoxy) is 1. The summed E-state index contributed by atoms with van der Waals surface area (Å²) >= 11 is 12.0. The number of halogens is 2. The second-order valence-electron chi connectivity index (χ2n) is 5.03. The predicted molar refractivity (Wildman–Crippen MR) is 101 cm³/mol. The molecule has 0 aliphatic carbocycles. The number of nitrogens with one attached hydrogen (secondary N) is 1. The van der Waals surface area contributed by atoms with Crippen molar-refractivity contribution < 1.29 is 4.74 Å². The highest BCUT2D eigenvalue weighted by Crippen LogP contribution is 2.27. The molecule has 2 aromatic carbocycles. The minimum atomic E-state index is 0.118. The summed E-state index contributed by atoms with van der Waals surface area (Å²) < 4.78 is 5.21. The van der Waals surface area contributed by atoms with Gasteiger partial charge in [0.15, 0.2) is 5.15 Å². The molecule has 1 heterocycles. The van der Waals surface area contributed by atoms with Crippen LogP contribution in [0, 0.1) is 0 Å². The van der Waals surface area contributed by atoms with Crippen molar-refractivity contribution in [1.29, 1.82) is 0 Å². The Hall–Kier alpha value is -2.63. The van der Waals surface area contributed by atoms with Gasteiger partial charge in [-0.15, -0.1) is 5.10 Å². The third kappa shape index (κ3) is 4.07. The molecule has 0 amide bonds. The second-order valence-corrected chi connectivity index (χ2v) is 5.77. The Bertz CT molecular complexity index is 883. The predicted octanol–water partition coefficient (Wildman–Crippen LogP) is 4.66. The molecule has 0 bridgehead atoms. The molecule has 0 aliphatic rings. The van der Waals surface area contributed by atoms with Crippen LogP contribution >= 0.6 is 23.2 Å². The van der Waals surface area contributed by atoms with Crippen molar-refractivity contribution in [1.82, 2.24) is 10.2 Å². The Morgan fingerprint density at radius 2 is 1.68 bits per heavy atom. The summed E-state index contributed by atoms with van der Waals surface area (Å²) in [6.07, 6.45) is 1.47. The van der Waals surface area contributed by atoms with Gasteiger partial charge in [-0.2, -0.15) is 10.2 Å². The first kappa shape index (κ1) is 17.2. The second kappa shape index (κ2) is 7.96. The van der Waals surface area contributed by atoms with Gasteiger partial charge in [-0.3, -0.25) is 5.43 Å². The molecule has 0 atom stereocenters. The Balaban J connectivity index is 2.00. The number of methoxy groups -OCH3 is 1. The summed E-state index contributed by atoms with van der Waals surface area (Å²) in [5.74, 6) is 0.775. The van der Waals surface area contributed by atoms with Crippen LogP contribution < -0.4 is 10.2 Å². The Labute approximate surface area is 155 Å². The Morgan fingerprint density at radius 3 is 2.36 bits per heavy atom. The maximum atomic E-state index is 6.13. The Kier molecular flexibility index (Phi) is 5.48. The van der Waals surface area contributed by atoms with Crippen molar-refractivity contribution in [2.24, 2.45) is 5.10 Å². The van der Waals surface area contributed by atoms with Gasteiger partial charge >= 0.3 is 0 Å². The zero-order chi connectivity index (χ0) is 17.6. The zero-order valence-corrected chi connectivity index (χ0v) is 14.8. The zero-order valence-electron chi connectivity index (χ0n) is 13.3. The maximum absolute atomic E-state index is 6.13. The first-order valence-corrected chi connectivity index (χ1v) is 8.15. The van der Waals surface area contributed by atoms with Crippen molar-refractivity contribution in [2.75, 3.05) is 12.5 Å². The average molecular weight is 373 g/mol. The summed E-state index contributed by atoms with van der Waals surface area (Å²) in [5, 5.41) is 12.4. The van der Waals surface area contributed by atoms with E-state index in [0.717, 1.165) is 22.6 Å². The number of benzene rings is 2. The van der Waals surface area contributed by atoms with Gasteiger partial charge in [0.2, 0.25) is 0 Å². The summed E-state index contributed by atoms with van der Waals surface area (Å²) in [5.41, 5.74) is 6.00. The number of nitrogens with zero attached hydrogens (tertiary/aromatic N) is 3. The lowest BCUT2D eigenvalue weighted by atomic mass is 10.0. The SMILES string of the molecule is COc1ccc(/C(=N\Nc2cnnc(Cl)c2Cl)c2ccccc2)cc1. The topological polar surface area (TPSA) is 59.4 Å². The lowest BCUT2D eigenvalue weighted by molar-refractivity contribution is 0.415. The molecule has 0 radical (unpaired) electrons. The van der Waals surface area contributed by atoms with Gasteiger partial charge in [0.1, 0.15) is 10.8 Å². The van der Waals surface area contributed by atoms with E-state index in [1.54, 1.807) is 7.11 Å². The van der Waals surface area contributed by atoms with Crippen molar-refractivity contribution in [3.8, 4) is 5.75 Å². The van der Waals surface area contributed by atoms with Crippen molar-refractivity contribution >= 4 is 34.6 Å². The fourth-order valence-electron chi connectivity index (χ4n) is 2.18. The summed E-state index contributed by atoms with van der Waals surface area (Å²) in [7, 11) is 1.63. The normalized spacial score (nSPS) is 11.2. The standard InChI is InChI=1S/C18H14Cl2N4O/c1-25-14-9-7-13(8-10-14)17(12-5-3-2-4-6-12)23-22-15-11-21-24-18(20)16(15)19/h2-11H,1H3,(H,22,24)/b23-17-. The number of hydrogen-bond donors (Lipinski definition) is 1. The molecule has 0 aliphatic heterocycles. The van der Waals surface area contributed by atoms with Crippen LogP contribution in [0.15, 0.2) is 65.9 Å². The van der Waals surface area contributed by atoms with Crippen LogP contribution in [-0.2, 0) is 0 Å². The van der Waals surface area contributed by atoms with E-state index < -0.39 is 0 Å². The lowest BCUT2D eigenvalue weighted by Gasteiger charge is -2.10. The number of hydrogen-bond acceptors (Lipinski definition) is 5. The van der Waals surface area contributed by atoms with Gasteiger partial charge in [-0.25, -0.2) is 0 Å². The highest BCUT2D eigenvalue weighted by atomic mass is 35.5. The molecular weight excluding hydrogens is 359 g/mol. The van der Waals surface area contributed by atoms with Crippen LogP contribution in [0.3, 0.4) is 0 Å². The van der Waals surface area contributed by atoms with E-state index >= 15 is 0 Å². The van der Waals surface area contributed by atoms with E-state index in [0.29, 0.717) is 5.69 Å². The molecule has 0 spiro atoms. The van der Waals surface area contributed by atoms with Crippen LogP contribution in [0.5, 0.6) is 5.75 Å². The number of anilines is 1. The summed E-state index contributed by atoms with van der Waals surface area (Å²) in [6, 6.07) is 17.4. The van der Waals surface area contributed by atoms with E-state index in [2.05, 4.69) is 20.7 Å². The third-order valence-corrected chi connectivity index (χ3v) is 4.19. The summed E-state index contributed by atoms with van der Waals surface area (Å²) in [6.45, 7) is 0. The fourth-order valence-corrected chi connectivity index (χ4v) is 2.46. The van der Waals surface area contributed by atoms with Crippen molar-refractivity contribution in [2.45, 2.75) is 0 Å². The van der Waals surface area contributed by atoms with Crippen molar-refractivity contribution in [3.05, 3.63) is 82.1 Å². The molecule has 3 aromatic rings. The van der Waals surface area contributed by atoms with Gasteiger partial charge in [-0.05, 0) is 24.3 Å². The van der Waals surface area contributed by atoms with E-state index in [4.69, 9.17) is 27.9 Å². The molecule has 0 saturated carbocycles. The molecule has 126 valence electrons. The maximum Gasteiger partial charge on any atom is 0.172 e. The van der Waals surface area contributed by atoms with Crippen LogP contribution in [0.25, 0.3) is 0 Å². The van der Waals surface area contributed by atoms with Crippen LogP contribution in [-0.4, -0.2) is 23.0 Å². The first-order valence-electron chi connectivity index (χ1n) is 7.39. The number of hydrazone groups is 1. The number of aromatic nitrogens is 2. The molecule has 3 rings (SSSR count). The molecule has 1 aromatic heterocycles. The Morgan fingerprint density at radius 1 is 1.00 bits per heavy atom. The molecule has 0 saturated heterocycles. The highest BCUT2D eigenvalue weighted by molar-refractivity contribution is 6.42. The van der Waals surface area contributed by atoms with Crippen LogP contribution in [0.1, 0.15) is 11.1 Å². The van der Waals surface area contributed by atoms with Gasteiger partial charge in [0, 0.05) is 11.1 Å². The number of rotatable bonds is 5. The molecule has 7 heteroatoms. The van der Waals surface area contributed by atoms with E-state index in [9.17, 15) is 0 Å². The fraction of sp³-hybridized carbons (Fsp3) is 0.0556. The van der Waals surface area contributed by atoms with E-state index in [1.165, 1.54) is 6.20 Å². The van der Waals surface area contributed by atoms with Gasteiger partial charge in [0.25, 0.3) is 0 Å². The van der Waals surface area contributed by atoms with Gasteiger partial charge < -0.3 is 4.74 Å². The van der Waals surface area contributed by atoms with Crippen molar-refractivity contribution in [3.63, 3.8) is 0 Å². The first-order chi connectivity index (χ1) is 12.2. The lowest BCUT2D eigenvalue weighted by Crippen LogP contribution is -2.07. The van der Waals surface area contributed by atoms with Gasteiger partial charge in [0.05, 0.1) is 24.7 Å². The van der Waals surface area contributed by atoms with Gasteiger partial charge in [-0.1, -0.05) is 53.5 Å². The molecule has 1 N–H and O–H groups in total.